The van der Waals surface area contributed by atoms with E-state index in [2.05, 4.69) is 36.0 Å². The summed E-state index contributed by atoms with van der Waals surface area (Å²) in [6.45, 7) is 1.92. The Morgan fingerprint density at radius 2 is 1.43 bits per heavy atom. The molecule has 2 aromatic rings. The lowest BCUT2D eigenvalue weighted by Gasteiger charge is -2.62. The van der Waals surface area contributed by atoms with Gasteiger partial charge in [-0.2, -0.15) is 0 Å². The number of benzene rings is 2. The fraction of sp³-hybridized carbons (Fsp3) is 0.611. The zero-order valence-electron chi connectivity index (χ0n) is 27.0. The molecule has 0 radical (unpaired) electrons. The SMILES string of the molecule is COc1ccc2c3c1O[C@H]1C(=O)CC[C@@]4(O)[C@@H](C2)N(C)CC[C@]314.COc1ccc2c3c1O[C@H]1C(=O)CC[C@H]4[C@@H](C2)N(C)CC[C@]314.Cl. The molecule has 0 amide bonds. The molecule has 2 spiro atoms. The number of likely N-dealkylation sites (N-methyl/N-ethyl adjacent to an activating group) is 2. The number of nitrogens with zero attached hydrogens (tertiary/aromatic N) is 2. The summed E-state index contributed by atoms with van der Waals surface area (Å²) in [6, 6.07) is 8.78. The zero-order valence-corrected chi connectivity index (χ0v) is 27.8. The van der Waals surface area contributed by atoms with Crippen LogP contribution >= 0.6 is 12.4 Å². The Morgan fingerprint density at radius 1 is 0.804 bits per heavy atom. The molecule has 2 saturated carbocycles. The molecular weight excluding hydrogens is 608 g/mol. The first-order valence-electron chi connectivity index (χ1n) is 16.6. The predicted molar refractivity (Wildman–Crippen MR) is 172 cm³/mol. The first kappa shape index (κ1) is 30.5. The van der Waals surface area contributed by atoms with Crippen molar-refractivity contribution in [3.63, 3.8) is 0 Å². The summed E-state index contributed by atoms with van der Waals surface area (Å²) >= 11 is 0. The van der Waals surface area contributed by atoms with Crippen molar-refractivity contribution in [2.75, 3.05) is 41.4 Å². The molecule has 2 aromatic carbocycles. The van der Waals surface area contributed by atoms with Gasteiger partial charge in [0.05, 0.1) is 25.2 Å². The van der Waals surface area contributed by atoms with E-state index in [9.17, 15) is 14.7 Å². The summed E-state index contributed by atoms with van der Waals surface area (Å²) < 4.78 is 23.4. The lowest BCUT2D eigenvalue weighted by molar-refractivity contribution is -0.185. The van der Waals surface area contributed by atoms with E-state index in [4.69, 9.17) is 18.9 Å². The fourth-order valence-corrected chi connectivity index (χ4v) is 11.4. The largest absolute Gasteiger partial charge is 0.493 e. The average Bonchev–Trinajstić information content (AvgIpc) is 3.58. The van der Waals surface area contributed by atoms with E-state index in [0.717, 1.165) is 62.3 Å². The van der Waals surface area contributed by atoms with Crippen LogP contribution in [0.1, 0.15) is 60.8 Å². The number of hydrogen-bond acceptors (Lipinski definition) is 9. The molecular formula is C36H43ClN2O7. The highest BCUT2D eigenvalue weighted by atomic mass is 35.5. The van der Waals surface area contributed by atoms with Crippen molar-refractivity contribution in [2.24, 2.45) is 5.92 Å². The van der Waals surface area contributed by atoms with Crippen LogP contribution in [0.15, 0.2) is 24.3 Å². The number of likely N-dealkylation sites (tertiary alicyclic amines) is 2. The third-order valence-electron chi connectivity index (χ3n) is 13.3. The van der Waals surface area contributed by atoms with Gasteiger partial charge in [-0.05, 0) is 94.9 Å². The number of aliphatic hydroxyl groups is 1. The molecule has 0 aromatic heterocycles. The topological polar surface area (TPSA) is 97.8 Å². The predicted octanol–water partition coefficient (Wildman–Crippen LogP) is 3.40. The molecule has 2 saturated heterocycles. The van der Waals surface area contributed by atoms with Crippen LogP contribution in [0.4, 0.5) is 0 Å². The number of rotatable bonds is 2. The molecule has 4 aliphatic carbocycles. The average molecular weight is 651 g/mol. The molecule has 246 valence electrons. The third-order valence-corrected chi connectivity index (χ3v) is 13.3. The van der Waals surface area contributed by atoms with Gasteiger partial charge in [0.1, 0.15) is 0 Å². The van der Waals surface area contributed by atoms with Crippen molar-refractivity contribution >= 4 is 24.0 Å². The fourth-order valence-electron chi connectivity index (χ4n) is 11.4. The second-order valence-electron chi connectivity index (χ2n) is 14.7. The summed E-state index contributed by atoms with van der Waals surface area (Å²) in [7, 11) is 7.61. The van der Waals surface area contributed by atoms with Crippen LogP contribution in [0, 0.1) is 5.92 Å². The van der Waals surface area contributed by atoms with E-state index in [1.54, 1.807) is 14.2 Å². The maximum atomic E-state index is 12.7. The summed E-state index contributed by atoms with van der Waals surface area (Å²) in [5, 5.41) is 11.7. The van der Waals surface area contributed by atoms with E-state index in [-0.39, 0.29) is 41.5 Å². The second-order valence-corrected chi connectivity index (χ2v) is 14.7. The van der Waals surface area contributed by atoms with Crippen LogP contribution in [-0.2, 0) is 33.3 Å². The standard InChI is InChI=1S/C18H21NO4.C18H21NO3.ClH/c1-19-8-7-17-14-10-3-4-12(22-2)15(14)23-16(17)11(20)5-6-18(17,21)13(19)9-10;1-19-8-7-18-11-4-5-13(20)17(18)22-16-14(21-2)6-3-10(15(16)18)9-12(11)19;/h3-4,13,16,21H,5-9H2,1-2H3;3,6,11-12,17H,4-5,7-9H2,1-2H3;1H/t13-,16+,17+,18-;11-,12+,17-,18-;/m10./s1. The second kappa shape index (κ2) is 10.1. The third kappa shape index (κ3) is 3.43. The van der Waals surface area contributed by atoms with Gasteiger partial charge in [0.25, 0.3) is 0 Å². The summed E-state index contributed by atoms with van der Waals surface area (Å²) in [6.07, 6.45) is 5.36. The van der Waals surface area contributed by atoms with Gasteiger partial charge in [0.2, 0.25) is 0 Å². The highest BCUT2D eigenvalue weighted by molar-refractivity contribution is 5.90. The number of methoxy groups -OCH3 is 2. The van der Waals surface area contributed by atoms with E-state index < -0.39 is 17.1 Å². The molecule has 46 heavy (non-hydrogen) atoms. The van der Waals surface area contributed by atoms with Gasteiger partial charge in [-0.3, -0.25) is 9.59 Å². The van der Waals surface area contributed by atoms with Crippen molar-refractivity contribution in [2.45, 2.75) is 92.1 Å². The van der Waals surface area contributed by atoms with Gasteiger partial charge in [-0.15, -0.1) is 12.4 Å². The van der Waals surface area contributed by atoms with E-state index in [1.165, 1.54) is 16.7 Å². The van der Waals surface area contributed by atoms with Gasteiger partial charge in [0.15, 0.2) is 46.8 Å². The van der Waals surface area contributed by atoms with E-state index in [1.807, 2.05) is 12.1 Å². The zero-order chi connectivity index (χ0) is 31.0. The maximum Gasteiger partial charge on any atom is 0.174 e. The van der Waals surface area contributed by atoms with Crippen molar-refractivity contribution in [1.29, 1.82) is 0 Å². The van der Waals surface area contributed by atoms with Crippen molar-refractivity contribution in [1.82, 2.24) is 9.80 Å². The number of halogens is 1. The number of ketones is 2. The molecule has 10 rings (SSSR count). The monoisotopic (exact) mass is 650 g/mol. The normalized spacial score (nSPS) is 38.7. The van der Waals surface area contributed by atoms with Crippen LogP contribution in [0.2, 0.25) is 0 Å². The lowest BCUT2D eigenvalue weighted by Crippen LogP contribution is -2.76. The van der Waals surface area contributed by atoms with E-state index >= 15 is 0 Å². The molecule has 4 bridgehead atoms. The molecule has 4 fully saturated rings. The molecule has 9 nitrogen and oxygen atoms in total. The van der Waals surface area contributed by atoms with Crippen LogP contribution in [0.25, 0.3) is 0 Å². The van der Waals surface area contributed by atoms with Crippen LogP contribution in [0.3, 0.4) is 0 Å². The quantitative estimate of drug-likeness (QED) is 0.525. The summed E-state index contributed by atoms with van der Waals surface area (Å²) in [5.74, 6) is 3.93. The Labute approximate surface area is 275 Å². The first-order valence-corrected chi connectivity index (χ1v) is 16.6. The lowest BCUT2D eigenvalue weighted by atomic mass is 9.49. The number of ether oxygens (including phenoxy) is 4. The maximum absolute atomic E-state index is 12.7. The Bertz CT molecular complexity index is 1670. The van der Waals surface area contributed by atoms with E-state index in [0.29, 0.717) is 42.7 Å². The van der Waals surface area contributed by atoms with Crippen LogP contribution in [-0.4, -0.2) is 97.8 Å². The highest BCUT2D eigenvalue weighted by Crippen LogP contribution is 2.65. The van der Waals surface area contributed by atoms with Gasteiger partial charge in [-0.25, -0.2) is 0 Å². The van der Waals surface area contributed by atoms with Gasteiger partial charge < -0.3 is 33.9 Å². The highest BCUT2D eigenvalue weighted by Gasteiger charge is 2.73. The van der Waals surface area contributed by atoms with Crippen molar-refractivity contribution in [3.8, 4) is 23.0 Å². The number of carbonyl (C=O) groups is 2. The van der Waals surface area contributed by atoms with Gasteiger partial charge in [-0.1, -0.05) is 12.1 Å². The summed E-state index contributed by atoms with van der Waals surface area (Å²) in [4.78, 5) is 30.0. The molecule has 4 aliphatic heterocycles. The molecule has 0 unspecified atom stereocenters. The number of Topliss-reactive ketones (excluding diaryl/α,β-unsaturated/α-hetero) is 2. The number of hydrogen-bond donors (Lipinski definition) is 1. The Balaban J connectivity index is 0.000000133. The minimum atomic E-state index is -0.900. The minimum Gasteiger partial charge on any atom is -0.493 e. The Morgan fingerprint density at radius 3 is 2.15 bits per heavy atom. The Hall–Kier alpha value is -2.85. The summed E-state index contributed by atoms with van der Waals surface area (Å²) in [5.41, 5.74) is 3.31. The number of piperidine rings is 2. The molecule has 10 heteroatoms. The first-order chi connectivity index (χ1) is 21.7. The van der Waals surface area contributed by atoms with Crippen molar-refractivity contribution < 1.29 is 33.6 Å². The minimum absolute atomic E-state index is 0. The number of carbonyl (C=O) groups excluding carboxylic acids is 2. The molecule has 1 N–H and O–H groups in total. The van der Waals surface area contributed by atoms with Crippen LogP contribution < -0.4 is 18.9 Å². The van der Waals surface area contributed by atoms with Gasteiger partial charge >= 0.3 is 0 Å². The van der Waals surface area contributed by atoms with Crippen molar-refractivity contribution in [3.05, 3.63) is 46.5 Å². The molecule has 4 heterocycles. The van der Waals surface area contributed by atoms with Gasteiger partial charge in [0, 0.05) is 41.5 Å². The van der Waals surface area contributed by atoms with Crippen LogP contribution in [0.5, 0.6) is 23.0 Å². The Kier molecular flexibility index (Phi) is 6.68. The molecule has 8 atom stereocenters. The molecule has 8 aliphatic rings. The smallest absolute Gasteiger partial charge is 0.174 e.